The molecule has 50 heavy (non-hydrogen) atoms. The second-order valence-corrected chi connectivity index (χ2v) is 13.8. The van der Waals surface area contributed by atoms with Crippen LogP contribution in [0.3, 0.4) is 0 Å². The Labute approximate surface area is 309 Å². The molecule has 2 saturated heterocycles. The van der Waals surface area contributed by atoms with Crippen LogP contribution in [0.4, 0.5) is 17.1 Å². The molecular formula is C37H44Cl2N6O4S. The summed E-state index contributed by atoms with van der Waals surface area (Å²) in [4.78, 5) is 11.0. The summed E-state index contributed by atoms with van der Waals surface area (Å²) in [5, 5.41) is 14.5. The third kappa shape index (κ3) is 8.65. The van der Waals surface area contributed by atoms with Crippen molar-refractivity contribution in [2.24, 2.45) is 0 Å². The Kier molecular flexibility index (Phi) is 12.0. The van der Waals surface area contributed by atoms with Crippen molar-refractivity contribution < 1.29 is 19.3 Å². The molecule has 2 aliphatic rings. The fourth-order valence-electron chi connectivity index (χ4n) is 6.34. The number of hydrogen-bond donors (Lipinski definition) is 2. The maximum atomic E-state index is 9.47. The van der Waals surface area contributed by atoms with Crippen molar-refractivity contribution in [1.82, 2.24) is 14.5 Å². The summed E-state index contributed by atoms with van der Waals surface area (Å²) in [5.41, 5.74) is 4.00. The molecule has 0 amide bonds. The van der Waals surface area contributed by atoms with Gasteiger partial charge < -0.3 is 43.9 Å². The van der Waals surface area contributed by atoms with Gasteiger partial charge in [-0.25, -0.2) is 4.98 Å². The van der Waals surface area contributed by atoms with Gasteiger partial charge in [0.1, 0.15) is 18.5 Å². The average Bonchev–Trinajstić information content (AvgIpc) is 3.80. The number of ether oxygens (including phenoxy) is 3. The SMILES string of the molecule is CCC(C)N(CCO)C(=S)Nc1ccc(N2CCN(c3ccc(OCC4COC(Cn5ccnc5)(c5ccc(Cl)cc5Cl)O4)cc3)CC2)cc1. The molecule has 266 valence electrons. The minimum Gasteiger partial charge on any atom is -0.491 e. The van der Waals surface area contributed by atoms with E-state index in [9.17, 15) is 5.11 Å². The minimum atomic E-state index is -1.09. The number of piperazine rings is 1. The molecule has 0 spiro atoms. The van der Waals surface area contributed by atoms with Crippen molar-refractivity contribution in [1.29, 1.82) is 0 Å². The summed E-state index contributed by atoms with van der Waals surface area (Å²) in [6.07, 6.45) is 5.95. The highest BCUT2D eigenvalue weighted by Gasteiger charge is 2.45. The molecule has 2 aliphatic heterocycles. The van der Waals surface area contributed by atoms with Crippen molar-refractivity contribution in [3.63, 3.8) is 0 Å². The maximum Gasteiger partial charge on any atom is 0.215 e. The predicted octanol–water partition coefficient (Wildman–Crippen LogP) is 6.65. The average molecular weight is 740 g/mol. The number of hydrogen-bond acceptors (Lipinski definition) is 8. The largest absolute Gasteiger partial charge is 0.491 e. The smallest absolute Gasteiger partial charge is 0.215 e. The zero-order chi connectivity index (χ0) is 35.1. The van der Waals surface area contributed by atoms with E-state index in [1.165, 1.54) is 5.69 Å². The van der Waals surface area contributed by atoms with Crippen LogP contribution in [0.5, 0.6) is 5.75 Å². The molecule has 1 aromatic heterocycles. The van der Waals surface area contributed by atoms with Gasteiger partial charge >= 0.3 is 0 Å². The van der Waals surface area contributed by atoms with E-state index in [2.05, 4.69) is 70.3 Å². The van der Waals surface area contributed by atoms with Crippen molar-refractivity contribution in [2.45, 2.75) is 44.7 Å². The number of anilines is 3. The Hall–Kier alpha value is -3.58. The van der Waals surface area contributed by atoms with Gasteiger partial charge in [0.05, 0.1) is 31.1 Å². The van der Waals surface area contributed by atoms with Crippen molar-refractivity contribution in [2.75, 3.05) is 67.7 Å². The molecule has 2 fully saturated rings. The first-order chi connectivity index (χ1) is 24.3. The molecule has 0 bridgehead atoms. The normalized spacial score (nSPS) is 19.7. The van der Waals surface area contributed by atoms with E-state index >= 15 is 0 Å². The van der Waals surface area contributed by atoms with E-state index in [-0.39, 0.29) is 18.8 Å². The lowest BCUT2D eigenvalue weighted by molar-refractivity contribution is -0.189. The van der Waals surface area contributed by atoms with Gasteiger partial charge in [0, 0.05) is 78.8 Å². The second kappa shape index (κ2) is 16.6. The molecule has 3 heterocycles. The Morgan fingerprint density at radius 3 is 2.34 bits per heavy atom. The third-order valence-electron chi connectivity index (χ3n) is 9.28. The predicted molar refractivity (Wildman–Crippen MR) is 204 cm³/mol. The van der Waals surface area contributed by atoms with E-state index in [1.54, 1.807) is 24.7 Å². The van der Waals surface area contributed by atoms with E-state index in [0.717, 1.165) is 49.7 Å². The standard InChI is InChI=1S/C37H44Cl2N6O4S/c1-3-27(2)45(20-21-46)36(50)41-29-5-7-30(8-6-29)43-16-18-44(19-17-43)31-9-11-32(12-10-31)47-23-33-24-48-37(49-33,25-42-15-14-40-26-42)34-13-4-28(38)22-35(34)39/h4-15,22,26-27,33,46H,3,16-21,23-25H2,1-2H3,(H,41,50). The highest BCUT2D eigenvalue weighted by Crippen LogP contribution is 2.40. The topological polar surface area (TPSA) is 87.5 Å². The van der Waals surface area contributed by atoms with Gasteiger partial charge in [-0.2, -0.15) is 0 Å². The number of aliphatic hydroxyl groups excluding tert-OH is 1. The molecule has 3 aromatic carbocycles. The van der Waals surface area contributed by atoms with Crippen LogP contribution in [-0.2, 0) is 21.8 Å². The molecule has 4 aromatic rings. The highest BCUT2D eigenvalue weighted by molar-refractivity contribution is 7.80. The van der Waals surface area contributed by atoms with Gasteiger partial charge in [-0.1, -0.05) is 36.2 Å². The van der Waals surface area contributed by atoms with Crippen molar-refractivity contribution in [3.8, 4) is 5.75 Å². The zero-order valence-electron chi connectivity index (χ0n) is 28.4. The zero-order valence-corrected chi connectivity index (χ0v) is 30.7. The number of rotatable bonds is 13. The Morgan fingerprint density at radius 1 is 1.06 bits per heavy atom. The second-order valence-electron chi connectivity index (χ2n) is 12.6. The number of thiocarbonyl (C=S) groups is 1. The Balaban J connectivity index is 0.990. The third-order valence-corrected chi connectivity index (χ3v) is 10.2. The fourth-order valence-corrected chi connectivity index (χ4v) is 7.28. The lowest BCUT2D eigenvalue weighted by Gasteiger charge is -2.37. The van der Waals surface area contributed by atoms with Crippen molar-refractivity contribution >= 4 is 57.6 Å². The Bertz CT molecular complexity index is 1690. The molecular weight excluding hydrogens is 695 g/mol. The van der Waals surface area contributed by atoms with Gasteiger partial charge in [-0.05, 0) is 86.2 Å². The number of aromatic nitrogens is 2. The van der Waals surface area contributed by atoms with Crippen LogP contribution in [-0.4, -0.2) is 89.4 Å². The summed E-state index contributed by atoms with van der Waals surface area (Å²) in [5.74, 6) is -0.325. The number of aliphatic hydroxyl groups is 1. The number of nitrogens with one attached hydrogen (secondary N) is 1. The first-order valence-electron chi connectivity index (χ1n) is 17.0. The fraction of sp³-hybridized carbons (Fsp3) is 0.405. The van der Waals surface area contributed by atoms with Gasteiger partial charge in [0.15, 0.2) is 5.11 Å². The van der Waals surface area contributed by atoms with Gasteiger partial charge in [-0.15, -0.1) is 0 Å². The van der Waals surface area contributed by atoms with E-state index in [1.807, 2.05) is 33.9 Å². The Morgan fingerprint density at radius 2 is 1.74 bits per heavy atom. The van der Waals surface area contributed by atoms with Crippen LogP contribution in [0.15, 0.2) is 85.5 Å². The first-order valence-corrected chi connectivity index (χ1v) is 18.2. The van der Waals surface area contributed by atoms with Crippen LogP contribution in [0.25, 0.3) is 0 Å². The van der Waals surface area contributed by atoms with Crippen LogP contribution in [0.2, 0.25) is 10.0 Å². The summed E-state index contributed by atoms with van der Waals surface area (Å²) in [6.45, 7) is 9.54. The van der Waals surface area contributed by atoms with Crippen LogP contribution >= 0.6 is 35.4 Å². The van der Waals surface area contributed by atoms with Gasteiger partial charge in [-0.3, -0.25) is 0 Å². The molecule has 0 aliphatic carbocycles. The van der Waals surface area contributed by atoms with Crippen LogP contribution in [0, 0.1) is 0 Å². The van der Waals surface area contributed by atoms with E-state index in [4.69, 9.17) is 49.6 Å². The van der Waals surface area contributed by atoms with Gasteiger partial charge in [0.25, 0.3) is 0 Å². The monoisotopic (exact) mass is 738 g/mol. The summed E-state index contributed by atoms with van der Waals surface area (Å²) < 4.78 is 20.9. The molecule has 0 radical (unpaired) electrons. The maximum absolute atomic E-state index is 9.47. The molecule has 6 rings (SSSR count). The first kappa shape index (κ1) is 36.2. The summed E-state index contributed by atoms with van der Waals surface area (Å²) in [6, 6.07) is 22.2. The quantitative estimate of drug-likeness (QED) is 0.145. The summed E-state index contributed by atoms with van der Waals surface area (Å²) >= 11 is 18.4. The highest BCUT2D eigenvalue weighted by atomic mass is 35.5. The van der Waals surface area contributed by atoms with Gasteiger partial charge in [0.2, 0.25) is 5.79 Å². The number of halogens is 2. The number of nitrogens with zero attached hydrogens (tertiary/aromatic N) is 5. The molecule has 3 atom stereocenters. The van der Waals surface area contributed by atoms with E-state index in [0.29, 0.717) is 47.0 Å². The molecule has 2 N–H and O–H groups in total. The molecule has 10 nitrogen and oxygen atoms in total. The van der Waals surface area contributed by atoms with Crippen LogP contribution < -0.4 is 19.9 Å². The molecule has 13 heteroatoms. The number of imidazole rings is 1. The van der Waals surface area contributed by atoms with Crippen molar-refractivity contribution in [3.05, 3.63) is 101 Å². The number of benzene rings is 3. The molecule has 3 unspecified atom stereocenters. The lowest BCUT2D eigenvalue weighted by Crippen LogP contribution is -2.46. The van der Waals surface area contributed by atoms with E-state index < -0.39 is 5.79 Å². The summed E-state index contributed by atoms with van der Waals surface area (Å²) in [7, 11) is 0. The molecule has 0 saturated carbocycles. The van der Waals surface area contributed by atoms with Crippen LogP contribution in [0.1, 0.15) is 25.8 Å². The lowest BCUT2D eigenvalue weighted by atomic mass is 10.1. The minimum absolute atomic E-state index is 0.0680.